The summed E-state index contributed by atoms with van der Waals surface area (Å²) in [6.45, 7) is 2.21. The van der Waals surface area contributed by atoms with E-state index in [4.69, 9.17) is 4.74 Å². The predicted molar refractivity (Wildman–Crippen MR) is 88.2 cm³/mol. The predicted octanol–water partition coefficient (Wildman–Crippen LogP) is 0.944. The molecule has 0 bridgehead atoms. The highest BCUT2D eigenvalue weighted by atomic mass is 16.5. The van der Waals surface area contributed by atoms with Gasteiger partial charge in [0.05, 0.1) is 12.6 Å². The third-order valence-electron chi connectivity index (χ3n) is 4.15. The molecule has 2 aromatic rings. The van der Waals surface area contributed by atoms with Gasteiger partial charge in [-0.05, 0) is 19.4 Å². The van der Waals surface area contributed by atoms with Crippen LogP contribution in [-0.4, -0.2) is 22.5 Å². The first-order valence-electron chi connectivity index (χ1n) is 7.88. The molecular weight excluding hydrogens is 310 g/mol. The van der Waals surface area contributed by atoms with Crippen molar-refractivity contribution in [3.63, 3.8) is 0 Å². The van der Waals surface area contributed by atoms with Gasteiger partial charge in [0, 0.05) is 29.7 Å². The van der Waals surface area contributed by atoms with E-state index in [1.807, 2.05) is 24.3 Å². The fourth-order valence-corrected chi connectivity index (χ4v) is 2.92. The Morgan fingerprint density at radius 3 is 2.88 bits per heavy atom. The van der Waals surface area contributed by atoms with E-state index in [-0.39, 0.29) is 24.8 Å². The Labute approximate surface area is 138 Å². The summed E-state index contributed by atoms with van der Waals surface area (Å²) in [7, 11) is 0. The quantitative estimate of drug-likeness (QED) is 0.776. The normalized spacial score (nSPS) is 16.1. The number of aromatic nitrogens is 2. The summed E-state index contributed by atoms with van der Waals surface area (Å²) in [4.78, 5) is 40.0. The van der Waals surface area contributed by atoms with Crippen LogP contribution in [0.4, 0.5) is 0 Å². The molecule has 0 radical (unpaired) electrons. The molecule has 1 atom stereocenters. The zero-order valence-electron chi connectivity index (χ0n) is 13.3. The molecule has 0 fully saturated rings. The van der Waals surface area contributed by atoms with Crippen molar-refractivity contribution in [2.75, 3.05) is 6.61 Å². The molecule has 7 nitrogen and oxygen atoms in total. The van der Waals surface area contributed by atoms with Crippen LogP contribution >= 0.6 is 0 Å². The van der Waals surface area contributed by atoms with Crippen molar-refractivity contribution < 1.29 is 9.53 Å². The summed E-state index contributed by atoms with van der Waals surface area (Å²) in [6.07, 6.45) is 1.16. The molecule has 7 heteroatoms. The standard InChI is InChI=1S/C17H19N3O4/c1-10-11(16(22)20-17(23)18-10)6-7-15(21)19-13-8-9-24-14-5-3-2-4-12(13)14/h2-5,13H,6-9H2,1H3,(H,19,21)(H2,18,20,22,23). The summed E-state index contributed by atoms with van der Waals surface area (Å²) in [5.41, 5.74) is 0.908. The van der Waals surface area contributed by atoms with Crippen LogP contribution in [0.2, 0.25) is 0 Å². The lowest BCUT2D eigenvalue weighted by atomic mass is 10.00. The van der Waals surface area contributed by atoms with Gasteiger partial charge in [-0.15, -0.1) is 0 Å². The molecule has 1 aromatic heterocycles. The van der Waals surface area contributed by atoms with Gasteiger partial charge in [0.2, 0.25) is 5.91 Å². The van der Waals surface area contributed by atoms with Gasteiger partial charge in [0.1, 0.15) is 5.75 Å². The highest BCUT2D eigenvalue weighted by molar-refractivity contribution is 5.77. The lowest BCUT2D eigenvalue weighted by molar-refractivity contribution is -0.122. The van der Waals surface area contributed by atoms with Gasteiger partial charge in [-0.2, -0.15) is 0 Å². The Morgan fingerprint density at radius 2 is 2.08 bits per heavy atom. The highest BCUT2D eigenvalue weighted by Gasteiger charge is 2.22. The maximum absolute atomic E-state index is 12.2. The number of H-pyrrole nitrogens is 2. The van der Waals surface area contributed by atoms with Crippen LogP contribution in [0.3, 0.4) is 0 Å². The van der Waals surface area contributed by atoms with E-state index in [2.05, 4.69) is 15.3 Å². The zero-order chi connectivity index (χ0) is 17.1. The lowest BCUT2D eigenvalue weighted by Crippen LogP contribution is -2.33. The number of rotatable bonds is 4. The number of amides is 1. The molecule has 1 aliphatic rings. The van der Waals surface area contributed by atoms with Gasteiger partial charge in [-0.3, -0.25) is 14.6 Å². The molecule has 1 unspecified atom stereocenters. The Hall–Kier alpha value is -2.83. The third-order valence-corrected chi connectivity index (χ3v) is 4.15. The molecule has 0 aliphatic carbocycles. The number of hydrogen-bond donors (Lipinski definition) is 3. The van der Waals surface area contributed by atoms with Crippen LogP contribution in [-0.2, 0) is 11.2 Å². The maximum atomic E-state index is 12.2. The zero-order valence-corrected chi connectivity index (χ0v) is 13.3. The van der Waals surface area contributed by atoms with Gasteiger partial charge >= 0.3 is 5.69 Å². The molecule has 3 N–H and O–H groups in total. The summed E-state index contributed by atoms with van der Waals surface area (Å²) >= 11 is 0. The fourth-order valence-electron chi connectivity index (χ4n) is 2.92. The van der Waals surface area contributed by atoms with Gasteiger partial charge in [0.15, 0.2) is 0 Å². The molecule has 1 aliphatic heterocycles. The van der Waals surface area contributed by atoms with Gasteiger partial charge in [-0.25, -0.2) is 4.79 Å². The van der Waals surface area contributed by atoms with E-state index >= 15 is 0 Å². The lowest BCUT2D eigenvalue weighted by Gasteiger charge is -2.26. The van der Waals surface area contributed by atoms with Gasteiger partial charge in [0.25, 0.3) is 5.56 Å². The summed E-state index contributed by atoms with van der Waals surface area (Å²) in [5.74, 6) is 0.656. The number of benzene rings is 1. The van der Waals surface area contributed by atoms with Crippen LogP contribution in [0, 0.1) is 6.92 Å². The molecule has 1 aromatic carbocycles. The number of ether oxygens (including phenoxy) is 1. The van der Waals surface area contributed by atoms with Crippen molar-refractivity contribution in [2.24, 2.45) is 0 Å². The van der Waals surface area contributed by atoms with E-state index in [1.54, 1.807) is 6.92 Å². The van der Waals surface area contributed by atoms with Crippen LogP contribution in [0.25, 0.3) is 0 Å². The molecule has 126 valence electrons. The highest BCUT2D eigenvalue weighted by Crippen LogP contribution is 2.31. The van der Waals surface area contributed by atoms with Crippen molar-refractivity contribution in [3.8, 4) is 5.75 Å². The minimum atomic E-state index is -0.537. The number of aryl methyl sites for hydroxylation is 1. The number of para-hydroxylation sites is 1. The van der Waals surface area contributed by atoms with E-state index in [0.717, 1.165) is 11.3 Å². The number of carbonyl (C=O) groups is 1. The van der Waals surface area contributed by atoms with Crippen molar-refractivity contribution in [2.45, 2.75) is 32.2 Å². The Kier molecular flexibility index (Phi) is 4.50. The Bertz CT molecular complexity index is 869. The summed E-state index contributed by atoms with van der Waals surface area (Å²) in [6, 6.07) is 7.55. The molecule has 0 spiro atoms. The number of nitrogens with one attached hydrogen (secondary N) is 3. The first kappa shape index (κ1) is 16.0. The third kappa shape index (κ3) is 3.40. The van der Waals surface area contributed by atoms with E-state index in [0.29, 0.717) is 24.3 Å². The number of carbonyl (C=O) groups excluding carboxylic acids is 1. The van der Waals surface area contributed by atoms with Crippen LogP contribution < -0.4 is 21.3 Å². The van der Waals surface area contributed by atoms with E-state index < -0.39 is 11.2 Å². The van der Waals surface area contributed by atoms with Crippen molar-refractivity contribution in [3.05, 3.63) is 61.9 Å². The maximum Gasteiger partial charge on any atom is 0.325 e. The molecule has 1 amide bonds. The van der Waals surface area contributed by atoms with Crippen LogP contribution in [0.5, 0.6) is 5.75 Å². The SMILES string of the molecule is Cc1[nH]c(=O)[nH]c(=O)c1CCC(=O)NC1CCOc2ccccc21. The average molecular weight is 329 g/mol. The van der Waals surface area contributed by atoms with Gasteiger partial charge < -0.3 is 15.0 Å². The number of fused-ring (bicyclic) bond motifs is 1. The molecule has 0 saturated carbocycles. The first-order chi connectivity index (χ1) is 11.5. The topological polar surface area (TPSA) is 104 Å². The van der Waals surface area contributed by atoms with Crippen molar-refractivity contribution in [1.29, 1.82) is 0 Å². The number of aromatic amines is 2. The average Bonchev–Trinajstić information content (AvgIpc) is 2.54. The van der Waals surface area contributed by atoms with Crippen molar-refractivity contribution in [1.82, 2.24) is 15.3 Å². The fraction of sp³-hybridized carbons (Fsp3) is 0.353. The molecule has 2 heterocycles. The minimum absolute atomic E-state index is 0.0857. The van der Waals surface area contributed by atoms with Crippen LogP contribution in [0.15, 0.2) is 33.9 Å². The molecular formula is C17H19N3O4. The van der Waals surface area contributed by atoms with E-state index in [1.165, 1.54) is 0 Å². The molecule has 3 rings (SSSR count). The largest absolute Gasteiger partial charge is 0.493 e. The first-order valence-corrected chi connectivity index (χ1v) is 7.88. The monoisotopic (exact) mass is 329 g/mol. The minimum Gasteiger partial charge on any atom is -0.493 e. The Morgan fingerprint density at radius 1 is 1.29 bits per heavy atom. The Balaban J connectivity index is 1.65. The second-order valence-electron chi connectivity index (χ2n) is 5.81. The van der Waals surface area contributed by atoms with Crippen molar-refractivity contribution >= 4 is 5.91 Å². The smallest absolute Gasteiger partial charge is 0.325 e. The second-order valence-corrected chi connectivity index (χ2v) is 5.81. The molecule has 24 heavy (non-hydrogen) atoms. The van der Waals surface area contributed by atoms with E-state index in [9.17, 15) is 14.4 Å². The van der Waals surface area contributed by atoms with Crippen LogP contribution in [0.1, 0.15) is 35.7 Å². The summed E-state index contributed by atoms with van der Waals surface area (Å²) < 4.78 is 5.58. The number of hydrogen-bond acceptors (Lipinski definition) is 4. The molecule has 0 saturated heterocycles. The summed E-state index contributed by atoms with van der Waals surface area (Å²) in [5, 5.41) is 2.99. The second kappa shape index (κ2) is 6.74. The van der Waals surface area contributed by atoms with Gasteiger partial charge in [-0.1, -0.05) is 18.2 Å².